The van der Waals surface area contributed by atoms with Gasteiger partial charge in [0.05, 0.1) is 5.69 Å². The number of nitrogens with zero attached hydrogens (tertiary/aromatic N) is 4. The Bertz CT molecular complexity index is 707. The van der Waals surface area contributed by atoms with Gasteiger partial charge in [0.2, 0.25) is 0 Å². The van der Waals surface area contributed by atoms with E-state index in [2.05, 4.69) is 52.2 Å². The lowest BCUT2D eigenvalue weighted by Crippen LogP contribution is -2.38. The fourth-order valence-corrected chi connectivity index (χ4v) is 2.79. The van der Waals surface area contributed by atoms with Crippen LogP contribution in [0.5, 0.6) is 0 Å². The van der Waals surface area contributed by atoms with Crippen LogP contribution in [0.15, 0.2) is 29.4 Å². The molecule has 0 aliphatic carbocycles. The Morgan fingerprint density at radius 1 is 1.31 bits per heavy atom. The minimum Gasteiger partial charge on any atom is -0.357 e. The molecule has 26 heavy (non-hydrogen) atoms. The van der Waals surface area contributed by atoms with Crippen LogP contribution in [0.4, 0.5) is 0 Å². The number of guanidine groups is 1. The van der Waals surface area contributed by atoms with Crippen molar-refractivity contribution in [3.05, 3.63) is 46.5 Å². The number of hydrogen-bond acceptors (Lipinski definition) is 3. The summed E-state index contributed by atoms with van der Waals surface area (Å²) in [4.78, 5) is 8.81. The number of halogens is 1. The van der Waals surface area contributed by atoms with Crippen LogP contribution in [0.25, 0.3) is 0 Å². The highest BCUT2D eigenvalue weighted by Crippen LogP contribution is 2.07. The summed E-state index contributed by atoms with van der Waals surface area (Å²) in [5, 5.41) is 11.7. The predicted octanol–water partition coefficient (Wildman–Crippen LogP) is 2.98. The summed E-state index contributed by atoms with van der Waals surface area (Å²) in [5.41, 5.74) is 3.40. The molecule has 1 atom stereocenters. The van der Waals surface area contributed by atoms with Gasteiger partial charge in [0, 0.05) is 38.1 Å². The molecule has 0 aliphatic rings. The predicted molar refractivity (Wildman–Crippen MR) is 108 cm³/mol. The molecule has 0 bridgehead atoms. The van der Waals surface area contributed by atoms with Crippen LogP contribution in [0.3, 0.4) is 0 Å². The van der Waals surface area contributed by atoms with Crippen LogP contribution in [-0.2, 0) is 13.0 Å². The highest BCUT2D eigenvalue weighted by Gasteiger charge is 2.07. The van der Waals surface area contributed by atoms with Gasteiger partial charge in [-0.2, -0.15) is 5.10 Å². The van der Waals surface area contributed by atoms with Crippen molar-refractivity contribution in [1.29, 1.82) is 0 Å². The van der Waals surface area contributed by atoms with Gasteiger partial charge in [0.15, 0.2) is 5.96 Å². The number of aliphatic imine (C=N–C) groups is 1. The van der Waals surface area contributed by atoms with E-state index in [1.807, 2.05) is 25.3 Å². The average molecular weight is 377 g/mol. The molecule has 0 saturated carbocycles. The Hall–Kier alpha value is -2.08. The molecule has 0 saturated heterocycles. The van der Waals surface area contributed by atoms with Gasteiger partial charge in [-0.05, 0) is 50.8 Å². The monoisotopic (exact) mass is 376 g/mol. The van der Waals surface area contributed by atoms with Gasteiger partial charge in [0.1, 0.15) is 5.15 Å². The fourth-order valence-electron chi connectivity index (χ4n) is 2.68. The van der Waals surface area contributed by atoms with E-state index in [1.54, 1.807) is 0 Å². The quantitative estimate of drug-likeness (QED) is 0.422. The van der Waals surface area contributed by atoms with Gasteiger partial charge >= 0.3 is 0 Å². The van der Waals surface area contributed by atoms with E-state index in [0.29, 0.717) is 11.1 Å². The lowest BCUT2D eigenvalue weighted by atomic mass is 10.2. The molecule has 0 radical (unpaired) electrons. The molecule has 0 aliphatic heterocycles. The first kappa shape index (κ1) is 20.2. The molecule has 2 aromatic heterocycles. The van der Waals surface area contributed by atoms with E-state index >= 15 is 0 Å². The second kappa shape index (κ2) is 10.2. The molecule has 2 rings (SSSR count). The molecule has 142 valence electrons. The normalized spacial score (nSPS) is 12.9. The molecule has 0 fully saturated rings. The molecule has 0 spiro atoms. The Balaban J connectivity index is 1.82. The summed E-state index contributed by atoms with van der Waals surface area (Å²) in [6, 6.07) is 5.92. The molecule has 1 unspecified atom stereocenters. The van der Waals surface area contributed by atoms with Crippen molar-refractivity contribution in [1.82, 2.24) is 25.4 Å². The summed E-state index contributed by atoms with van der Waals surface area (Å²) >= 11 is 5.82. The van der Waals surface area contributed by atoms with E-state index in [1.165, 1.54) is 5.69 Å². The lowest BCUT2D eigenvalue weighted by Gasteiger charge is -2.14. The molecule has 7 heteroatoms. The minimum absolute atomic E-state index is 0.406. The zero-order chi connectivity index (χ0) is 18.9. The number of aromatic nitrogens is 3. The van der Waals surface area contributed by atoms with Gasteiger partial charge in [-0.3, -0.25) is 9.67 Å². The molecular weight excluding hydrogens is 348 g/mol. The first-order chi connectivity index (χ1) is 12.5. The average Bonchev–Trinajstić information content (AvgIpc) is 2.91. The molecular formula is C19H29ClN6. The van der Waals surface area contributed by atoms with Crippen LogP contribution >= 0.6 is 11.6 Å². The van der Waals surface area contributed by atoms with E-state index < -0.39 is 0 Å². The van der Waals surface area contributed by atoms with Crippen LogP contribution in [0, 0.1) is 19.8 Å². The molecule has 2 aromatic rings. The van der Waals surface area contributed by atoms with Crippen molar-refractivity contribution < 1.29 is 0 Å². The first-order valence-electron chi connectivity index (χ1n) is 9.11. The summed E-state index contributed by atoms with van der Waals surface area (Å²) < 4.78 is 2.06. The zero-order valence-electron chi connectivity index (χ0n) is 16.1. The third-order valence-electron chi connectivity index (χ3n) is 3.99. The molecule has 2 heterocycles. The highest BCUT2D eigenvalue weighted by molar-refractivity contribution is 6.29. The summed E-state index contributed by atoms with van der Waals surface area (Å²) in [6.07, 6.45) is 2.68. The van der Waals surface area contributed by atoms with Crippen LogP contribution < -0.4 is 10.6 Å². The van der Waals surface area contributed by atoms with E-state index in [-0.39, 0.29) is 0 Å². The van der Waals surface area contributed by atoms with Crippen molar-refractivity contribution in [3.63, 3.8) is 0 Å². The van der Waals surface area contributed by atoms with Gasteiger partial charge in [-0.15, -0.1) is 0 Å². The van der Waals surface area contributed by atoms with E-state index in [9.17, 15) is 0 Å². The topological polar surface area (TPSA) is 67.1 Å². The van der Waals surface area contributed by atoms with Crippen molar-refractivity contribution in [3.8, 4) is 0 Å². The van der Waals surface area contributed by atoms with Crippen molar-refractivity contribution in [2.45, 2.75) is 40.7 Å². The van der Waals surface area contributed by atoms with Crippen molar-refractivity contribution in [2.24, 2.45) is 10.9 Å². The van der Waals surface area contributed by atoms with Gasteiger partial charge in [-0.1, -0.05) is 24.6 Å². The maximum absolute atomic E-state index is 5.82. The summed E-state index contributed by atoms with van der Waals surface area (Å²) in [5.74, 6) is 1.25. The Morgan fingerprint density at radius 3 is 2.73 bits per heavy atom. The maximum Gasteiger partial charge on any atom is 0.191 e. The van der Waals surface area contributed by atoms with Crippen LogP contribution in [0.2, 0.25) is 5.15 Å². The third kappa shape index (κ3) is 6.67. The lowest BCUT2D eigenvalue weighted by molar-refractivity contribution is 0.449. The van der Waals surface area contributed by atoms with Gasteiger partial charge < -0.3 is 10.6 Å². The second-order valence-electron chi connectivity index (χ2n) is 6.60. The number of pyridine rings is 1. The number of hydrogen-bond donors (Lipinski definition) is 2. The highest BCUT2D eigenvalue weighted by atomic mass is 35.5. The Labute approximate surface area is 161 Å². The standard InChI is InChI=1S/C19H29ClN6/c1-5-21-19(22-9-8-17-6-7-18(20)23-12-17)24-11-14(2)13-26-16(4)10-15(3)25-26/h6-7,10,12,14H,5,8-9,11,13H2,1-4H3,(H2,21,22,24). The van der Waals surface area contributed by atoms with Gasteiger partial charge in [-0.25, -0.2) is 4.98 Å². The fraction of sp³-hybridized carbons (Fsp3) is 0.526. The Kier molecular flexibility index (Phi) is 7.91. The molecule has 0 amide bonds. The number of rotatable bonds is 8. The molecule has 2 N–H and O–H groups in total. The minimum atomic E-state index is 0.406. The second-order valence-corrected chi connectivity index (χ2v) is 6.99. The zero-order valence-corrected chi connectivity index (χ0v) is 16.8. The van der Waals surface area contributed by atoms with E-state index in [0.717, 1.165) is 49.8 Å². The largest absolute Gasteiger partial charge is 0.357 e. The molecule has 6 nitrogen and oxygen atoms in total. The third-order valence-corrected chi connectivity index (χ3v) is 4.21. The van der Waals surface area contributed by atoms with Crippen LogP contribution in [0.1, 0.15) is 30.8 Å². The first-order valence-corrected chi connectivity index (χ1v) is 9.49. The summed E-state index contributed by atoms with van der Waals surface area (Å²) in [6.45, 7) is 11.6. The van der Waals surface area contributed by atoms with E-state index in [4.69, 9.17) is 16.6 Å². The van der Waals surface area contributed by atoms with Gasteiger partial charge in [0.25, 0.3) is 0 Å². The number of aryl methyl sites for hydroxylation is 2. The summed E-state index contributed by atoms with van der Waals surface area (Å²) in [7, 11) is 0. The maximum atomic E-state index is 5.82. The van der Waals surface area contributed by atoms with Crippen molar-refractivity contribution >= 4 is 17.6 Å². The SMILES string of the molecule is CCNC(=NCC(C)Cn1nc(C)cc1C)NCCc1ccc(Cl)nc1. The molecule has 0 aromatic carbocycles. The Morgan fingerprint density at radius 2 is 2.12 bits per heavy atom. The van der Waals surface area contributed by atoms with Crippen molar-refractivity contribution in [2.75, 3.05) is 19.6 Å². The smallest absolute Gasteiger partial charge is 0.191 e. The van der Waals surface area contributed by atoms with Crippen LogP contribution in [-0.4, -0.2) is 40.4 Å². The number of nitrogens with one attached hydrogen (secondary N) is 2.